The van der Waals surface area contributed by atoms with Crippen LogP contribution >= 0.6 is 11.6 Å². The third kappa shape index (κ3) is 3.04. The molecule has 0 spiro atoms. The monoisotopic (exact) mass is 345 g/mol. The number of alkyl halides is 3. The van der Waals surface area contributed by atoms with Gasteiger partial charge in [-0.25, -0.2) is 14.5 Å². The summed E-state index contributed by atoms with van der Waals surface area (Å²) in [5.41, 5.74) is -2.90. The molecule has 0 unspecified atom stereocenters. The zero-order valence-electron chi connectivity index (χ0n) is 11.4. The molecule has 0 radical (unpaired) electrons. The number of hydrogen-bond donors (Lipinski definition) is 0. The van der Waals surface area contributed by atoms with Crippen molar-refractivity contribution in [3.8, 4) is 6.19 Å². The van der Waals surface area contributed by atoms with Crippen LogP contribution in [0.1, 0.15) is 5.56 Å². The van der Waals surface area contributed by atoms with Gasteiger partial charge in [0.2, 0.25) is 0 Å². The number of nitrogens with zero attached hydrogens (tertiary/aromatic N) is 5. The maximum Gasteiger partial charge on any atom is 0.417 e. The molecule has 0 aromatic carbocycles. The summed E-state index contributed by atoms with van der Waals surface area (Å²) in [5, 5.41) is 9.43. The van der Waals surface area contributed by atoms with E-state index in [2.05, 4.69) is 4.98 Å². The molecule has 23 heavy (non-hydrogen) atoms. The van der Waals surface area contributed by atoms with Gasteiger partial charge in [0.25, 0.3) is 5.56 Å². The van der Waals surface area contributed by atoms with Crippen LogP contribution in [0.25, 0.3) is 0 Å². The van der Waals surface area contributed by atoms with E-state index in [1.807, 2.05) is 0 Å². The highest BCUT2D eigenvalue weighted by Crippen LogP contribution is 2.33. The Bertz CT molecular complexity index is 913. The molecule has 0 atom stereocenters. The van der Waals surface area contributed by atoms with Gasteiger partial charge < -0.3 is 0 Å². The minimum atomic E-state index is -4.61. The van der Waals surface area contributed by atoms with Gasteiger partial charge in [-0.3, -0.25) is 9.80 Å². The summed E-state index contributed by atoms with van der Waals surface area (Å²) in [7, 11) is 1.29. The fourth-order valence-corrected chi connectivity index (χ4v) is 2.00. The molecule has 0 bridgehead atoms. The second-order valence-corrected chi connectivity index (χ2v) is 4.67. The molecule has 11 heteroatoms. The molecule has 0 fully saturated rings. The number of nitriles is 1. The molecule has 120 valence electrons. The molecule has 2 aromatic heterocycles. The predicted octanol–water partition coefficient (Wildman–Crippen LogP) is 1.31. The number of pyridine rings is 1. The minimum absolute atomic E-state index is 0.162. The SMILES string of the molecule is CN(c1ncc(C(F)(F)F)cc1Cl)n1ccc(=O)n(C#N)c1=O. The first kappa shape index (κ1) is 16.6. The van der Waals surface area contributed by atoms with Crippen molar-refractivity contribution in [2.45, 2.75) is 6.18 Å². The lowest BCUT2D eigenvalue weighted by Gasteiger charge is -2.21. The molecule has 0 N–H and O–H groups in total. The van der Waals surface area contributed by atoms with Crippen LogP contribution < -0.4 is 16.3 Å². The molecule has 2 aromatic rings. The number of hydrogen-bond acceptors (Lipinski definition) is 5. The molecule has 7 nitrogen and oxygen atoms in total. The highest BCUT2D eigenvalue weighted by molar-refractivity contribution is 6.33. The van der Waals surface area contributed by atoms with Gasteiger partial charge in [-0.15, -0.1) is 0 Å². The Balaban J connectivity index is 2.55. The molecule has 0 aliphatic rings. The fourth-order valence-electron chi connectivity index (χ4n) is 1.72. The minimum Gasteiger partial charge on any atom is -0.268 e. The van der Waals surface area contributed by atoms with Crippen LogP contribution in [0, 0.1) is 11.5 Å². The Kier molecular flexibility index (Phi) is 4.16. The number of halogens is 4. The van der Waals surface area contributed by atoms with Gasteiger partial charge in [0.05, 0.1) is 10.6 Å². The first-order valence-corrected chi connectivity index (χ1v) is 6.26. The van der Waals surface area contributed by atoms with Crippen LogP contribution in [0.3, 0.4) is 0 Å². The summed E-state index contributed by atoms with van der Waals surface area (Å²) in [6.45, 7) is 0. The number of rotatable bonds is 2. The highest BCUT2D eigenvalue weighted by atomic mass is 35.5. The van der Waals surface area contributed by atoms with Crippen molar-refractivity contribution in [3.05, 3.63) is 56.0 Å². The van der Waals surface area contributed by atoms with Gasteiger partial charge in [-0.2, -0.15) is 23.0 Å². The number of aromatic nitrogens is 3. The zero-order valence-corrected chi connectivity index (χ0v) is 12.1. The zero-order chi connectivity index (χ0) is 17.4. The Morgan fingerprint density at radius 1 is 1.39 bits per heavy atom. The van der Waals surface area contributed by atoms with Crippen molar-refractivity contribution in [1.29, 1.82) is 5.26 Å². The second kappa shape index (κ2) is 5.77. The predicted molar refractivity (Wildman–Crippen MR) is 74.0 cm³/mol. The molecule has 0 saturated carbocycles. The average Bonchev–Trinajstić information content (AvgIpc) is 2.46. The fraction of sp³-hybridized carbons (Fsp3) is 0.167. The van der Waals surface area contributed by atoms with Crippen LogP contribution in [-0.2, 0) is 6.18 Å². The largest absolute Gasteiger partial charge is 0.417 e. The van der Waals surface area contributed by atoms with Gasteiger partial charge in [-0.1, -0.05) is 11.6 Å². The third-order valence-corrected chi connectivity index (χ3v) is 3.12. The third-order valence-electron chi connectivity index (χ3n) is 2.84. The lowest BCUT2D eigenvalue weighted by Crippen LogP contribution is -2.44. The lowest BCUT2D eigenvalue weighted by atomic mass is 10.3. The van der Waals surface area contributed by atoms with Gasteiger partial charge in [0.1, 0.15) is 0 Å². The number of anilines is 1. The van der Waals surface area contributed by atoms with E-state index in [9.17, 15) is 22.8 Å². The molecule has 0 aliphatic heterocycles. The Hall–Kier alpha value is -2.80. The van der Waals surface area contributed by atoms with E-state index in [0.29, 0.717) is 12.3 Å². The van der Waals surface area contributed by atoms with Crippen LogP contribution in [0.4, 0.5) is 19.0 Å². The Morgan fingerprint density at radius 3 is 2.57 bits per heavy atom. The van der Waals surface area contributed by atoms with Gasteiger partial charge in [-0.05, 0) is 6.07 Å². The molecule has 2 rings (SSSR count). The second-order valence-electron chi connectivity index (χ2n) is 4.27. The summed E-state index contributed by atoms with van der Waals surface area (Å²) in [4.78, 5) is 26.9. The first-order valence-electron chi connectivity index (χ1n) is 5.88. The normalized spacial score (nSPS) is 11.1. The first-order chi connectivity index (χ1) is 10.7. The maximum absolute atomic E-state index is 12.6. The van der Waals surface area contributed by atoms with E-state index in [4.69, 9.17) is 16.9 Å². The summed E-state index contributed by atoms with van der Waals surface area (Å²) in [6, 6.07) is 1.60. The maximum atomic E-state index is 12.6. The molecular weight excluding hydrogens is 339 g/mol. The standard InChI is InChI=1S/C12H7ClF3N5O2/c1-19(21-3-2-9(22)20(6-17)11(21)23)10-8(13)4-7(5-18-10)12(14,15)16/h2-5H,1H3. The van der Waals surface area contributed by atoms with E-state index < -0.39 is 23.0 Å². The molecule has 0 saturated heterocycles. The Morgan fingerprint density at radius 2 is 2.04 bits per heavy atom. The quantitative estimate of drug-likeness (QED) is 0.819. The van der Waals surface area contributed by atoms with Crippen LogP contribution in [-0.4, -0.2) is 21.3 Å². The van der Waals surface area contributed by atoms with Crippen molar-refractivity contribution in [1.82, 2.24) is 14.2 Å². The van der Waals surface area contributed by atoms with Crippen molar-refractivity contribution < 1.29 is 13.2 Å². The average molecular weight is 346 g/mol. The molecule has 0 amide bonds. The van der Waals surface area contributed by atoms with E-state index in [0.717, 1.165) is 21.9 Å². The lowest BCUT2D eigenvalue weighted by molar-refractivity contribution is -0.137. The van der Waals surface area contributed by atoms with Crippen LogP contribution in [0.5, 0.6) is 0 Å². The van der Waals surface area contributed by atoms with Crippen molar-refractivity contribution in [3.63, 3.8) is 0 Å². The van der Waals surface area contributed by atoms with E-state index in [-0.39, 0.29) is 15.4 Å². The molecule has 2 heterocycles. The summed E-state index contributed by atoms with van der Waals surface area (Å²) < 4.78 is 38.9. The summed E-state index contributed by atoms with van der Waals surface area (Å²) in [6.07, 6.45) is -1.61. The summed E-state index contributed by atoms with van der Waals surface area (Å²) >= 11 is 5.78. The topological polar surface area (TPSA) is 83.9 Å². The van der Waals surface area contributed by atoms with E-state index >= 15 is 0 Å². The van der Waals surface area contributed by atoms with Crippen molar-refractivity contribution in [2.75, 3.05) is 12.1 Å². The van der Waals surface area contributed by atoms with Gasteiger partial charge in [0, 0.05) is 25.5 Å². The molecular formula is C12H7ClF3N5O2. The van der Waals surface area contributed by atoms with Crippen molar-refractivity contribution in [2.24, 2.45) is 0 Å². The van der Waals surface area contributed by atoms with Crippen molar-refractivity contribution >= 4 is 17.4 Å². The van der Waals surface area contributed by atoms with E-state index in [1.54, 1.807) is 0 Å². The summed E-state index contributed by atoms with van der Waals surface area (Å²) in [5.74, 6) is -0.162. The van der Waals surface area contributed by atoms with Gasteiger partial charge >= 0.3 is 11.9 Å². The van der Waals surface area contributed by atoms with Crippen LogP contribution in [0.2, 0.25) is 5.02 Å². The highest BCUT2D eigenvalue weighted by Gasteiger charge is 2.32. The van der Waals surface area contributed by atoms with Crippen LogP contribution in [0.15, 0.2) is 34.1 Å². The van der Waals surface area contributed by atoms with E-state index in [1.165, 1.54) is 13.2 Å². The molecule has 0 aliphatic carbocycles. The smallest absolute Gasteiger partial charge is 0.268 e. The Labute approximate surface area is 131 Å². The van der Waals surface area contributed by atoms with Gasteiger partial charge in [0.15, 0.2) is 12.0 Å².